The molecule has 0 unspecified atom stereocenters. The lowest BCUT2D eigenvalue weighted by Crippen LogP contribution is -2.25. The van der Waals surface area contributed by atoms with Gasteiger partial charge in [0, 0.05) is 27.2 Å². The fraction of sp³-hybridized carbons (Fsp3) is 0.263. The molecule has 0 aliphatic carbocycles. The topological polar surface area (TPSA) is 165 Å². The fourth-order valence-electron chi connectivity index (χ4n) is 3.89. The zero-order chi connectivity index (χ0) is 22.4. The quantitative estimate of drug-likeness (QED) is 0.355. The van der Waals surface area contributed by atoms with E-state index in [1.165, 1.54) is 30.4 Å². The Morgan fingerprint density at radius 1 is 0.710 bits per heavy atom. The first kappa shape index (κ1) is 20.1. The van der Waals surface area contributed by atoms with E-state index >= 15 is 0 Å². The molecule has 12 nitrogen and oxygen atoms in total. The molecule has 2 aromatic heterocycles. The lowest BCUT2D eigenvalue weighted by atomic mass is 10.2. The van der Waals surface area contributed by atoms with Crippen LogP contribution in [0.2, 0.25) is 0 Å². The molecule has 4 rings (SSSR count). The molecule has 0 aliphatic heterocycles. The summed E-state index contributed by atoms with van der Waals surface area (Å²) in [5, 5.41) is 5.79. The molecule has 0 bridgehead atoms. The van der Waals surface area contributed by atoms with E-state index in [-0.39, 0.29) is 34.1 Å². The van der Waals surface area contributed by atoms with E-state index in [0.29, 0.717) is 41.6 Å². The minimum atomic E-state index is -0.275. The van der Waals surface area contributed by atoms with Crippen LogP contribution in [0.4, 0.5) is 22.7 Å². The van der Waals surface area contributed by atoms with Gasteiger partial charge in [0.2, 0.25) is 0 Å². The summed E-state index contributed by atoms with van der Waals surface area (Å²) in [4.78, 5) is 47.3. The molecule has 2 heterocycles. The third-order valence-corrected chi connectivity index (χ3v) is 5.55. The number of hydrogen-bond donors (Lipinski definition) is 2. The van der Waals surface area contributed by atoms with Crippen LogP contribution in [0.1, 0.15) is 6.42 Å². The van der Waals surface area contributed by atoms with Crippen LogP contribution in [-0.4, -0.2) is 18.3 Å². The van der Waals surface area contributed by atoms with Gasteiger partial charge >= 0.3 is 11.4 Å². The third-order valence-electron chi connectivity index (χ3n) is 5.55. The van der Waals surface area contributed by atoms with Crippen LogP contribution in [0.15, 0.2) is 44.2 Å². The summed E-state index contributed by atoms with van der Waals surface area (Å²) in [5.74, 6) is 0. The maximum absolute atomic E-state index is 12.7. The van der Waals surface area contributed by atoms with Crippen LogP contribution < -0.4 is 22.8 Å². The van der Waals surface area contributed by atoms with E-state index in [2.05, 4.69) is 10.4 Å². The molecule has 0 saturated carbocycles. The molecule has 0 spiro atoms. The molecule has 2 aromatic carbocycles. The second-order valence-corrected chi connectivity index (χ2v) is 7.32. The van der Waals surface area contributed by atoms with Crippen LogP contribution in [-0.2, 0) is 27.2 Å². The lowest BCUT2D eigenvalue weighted by Gasteiger charge is -2.07. The molecule has 4 N–H and O–H groups in total. The van der Waals surface area contributed by atoms with Gasteiger partial charge in [0.05, 0.1) is 33.4 Å². The van der Waals surface area contributed by atoms with Gasteiger partial charge < -0.3 is 11.5 Å². The molecule has 0 radical (unpaired) electrons. The van der Waals surface area contributed by atoms with Gasteiger partial charge in [0.15, 0.2) is 0 Å². The zero-order valence-electron chi connectivity index (χ0n) is 16.9. The summed E-state index contributed by atoms with van der Waals surface area (Å²) in [6, 6.07) is 6.05. The highest BCUT2D eigenvalue weighted by molar-refractivity contribution is 5.87. The number of nitrogens with two attached hydrogens (primary N) is 2. The van der Waals surface area contributed by atoms with Crippen LogP contribution in [0.5, 0.6) is 0 Å². The number of imidazole rings is 2. The van der Waals surface area contributed by atoms with Crippen molar-refractivity contribution < 1.29 is 0 Å². The van der Waals surface area contributed by atoms with E-state index < -0.39 is 0 Å². The molecule has 4 aromatic rings. The Morgan fingerprint density at radius 3 is 1.58 bits per heavy atom. The number of nitrogens with zero attached hydrogens (tertiary/aromatic N) is 6. The summed E-state index contributed by atoms with van der Waals surface area (Å²) in [6.07, 6.45) is 0.444. The monoisotopic (exact) mass is 424 g/mol. The molecule has 0 amide bonds. The van der Waals surface area contributed by atoms with E-state index in [4.69, 9.17) is 11.5 Å². The number of rotatable bonds is 6. The van der Waals surface area contributed by atoms with Crippen LogP contribution in [0.3, 0.4) is 0 Å². The number of aromatic nitrogens is 4. The number of anilines is 2. The molecule has 160 valence electrons. The number of hydrogen-bond acceptors (Lipinski definition) is 8. The molecule has 31 heavy (non-hydrogen) atoms. The second kappa shape index (κ2) is 7.23. The Morgan fingerprint density at radius 2 is 1.10 bits per heavy atom. The molecule has 0 atom stereocenters. The van der Waals surface area contributed by atoms with Crippen molar-refractivity contribution in [1.82, 2.24) is 18.3 Å². The summed E-state index contributed by atoms with van der Waals surface area (Å²) in [5.41, 5.74) is 13.9. The van der Waals surface area contributed by atoms with Crippen molar-refractivity contribution >= 4 is 44.8 Å². The highest BCUT2D eigenvalue weighted by atomic mass is 16.3. The van der Waals surface area contributed by atoms with E-state index in [1.54, 1.807) is 26.2 Å². The maximum Gasteiger partial charge on any atom is 0.328 e. The fourth-order valence-corrected chi connectivity index (χ4v) is 3.89. The third kappa shape index (κ3) is 2.99. The maximum atomic E-state index is 12.7. The van der Waals surface area contributed by atoms with E-state index in [1.807, 2.05) is 0 Å². The molecular formula is C19H20N8O4. The summed E-state index contributed by atoms with van der Waals surface area (Å²) in [7, 11) is 3.21. The number of nitrogen functional groups attached to an aromatic ring is 2. The van der Waals surface area contributed by atoms with Gasteiger partial charge in [-0.05, 0) is 41.0 Å². The minimum absolute atomic E-state index is 0.0622. The van der Waals surface area contributed by atoms with Gasteiger partial charge in [-0.15, -0.1) is 9.81 Å². The van der Waals surface area contributed by atoms with Gasteiger partial charge in [-0.2, -0.15) is 0 Å². The predicted octanol–water partition coefficient (Wildman–Crippen LogP) is 2.04. The Labute approximate surface area is 174 Å². The Bertz CT molecular complexity index is 1490. The van der Waals surface area contributed by atoms with Gasteiger partial charge in [0.25, 0.3) is 0 Å². The zero-order valence-corrected chi connectivity index (χ0v) is 16.9. The molecule has 0 saturated heterocycles. The normalized spacial score (nSPS) is 11.4. The first-order chi connectivity index (χ1) is 14.8. The van der Waals surface area contributed by atoms with Gasteiger partial charge in [0.1, 0.15) is 11.4 Å². The first-order valence-electron chi connectivity index (χ1n) is 9.42. The smallest absolute Gasteiger partial charge is 0.328 e. The van der Waals surface area contributed by atoms with Gasteiger partial charge in [-0.3, -0.25) is 18.3 Å². The number of aryl methyl sites for hydroxylation is 4. The summed E-state index contributed by atoms with van der Waals surface area (Å²) < 4.78 is 5.91. The predicted molar refractivity (Wildman–Crippen MR) is 119 cm³/mol. The van der Waals surface area contributed by atoms with Crippen LogP contribution >= 0.6 is 0 Å². The Kier molecular flexibility index (Phi) is 4.68. The molecular weight excluding hydrogens is 404 g/mol. The van der Waals surface area contributed by atoms with Crippen molar-refractivity contribution in [2.75, 3.05) is 11.5 Å². The minimum Gasteiger partial charge on any atom is -0.397 e. The van der Waals surface area contributed by atoms with E-state index in [9.17, 15) is 19.4 Å². The van der Waals surface area contributed by atoms with Crippen molar-refractivity contribution in [3.8, 4) is 0 Å². The first-order valence-corrected chi connectivity index (χ1v) is 9.42. The summed E-state index contributed by atoms with van der Waals surface area (Å²) in [6.45, 7) is 0.602. The summed E-state index contributed by atoms with van der Waals surface area (Å²) >= 11 is 0. The molecule has 0 aliphatic rings. The number of nitroso groups, excluding NO2 is 2. The number of fused-ring (bicyclic) bond motifs is 2. The number of benzene rings is 2. The Balaban J connectivity index is 1.70. The Hall–Kier alpha value is -4.22. The van der Waals surface area contributed by atoms with Crippen molar-refractivity contribution in [2.45, 2.75) is 19.5 Å². The van der Waals surface area contributed by atoms with E-state index in [0.717, 1.165) is 0 Å². The highest BCUT2D eigenvalue weighted by Gasteiger charge is 2.16. The van der Waals surface area contributed by atoms with Crippen molar-refractivity contribution in [2.24, 2.45) is 24.4 Å². The van der Waals surface area contributed by atoms with Gasteiger partial charge in [-0.25, -0.2) is 9.59 Å². The highest BCUT2D eigenvalue weighted by Crippen LogP contribution is 2.29. The SMILES string of the molecule is Cn1c(=O)n(CCCn2c(=O)n(C)c3cc(N)c(N=O)cc32)c2cc(N)c(N=O)cc21. The standard InChI is InChI=1S/C19H20N8O4/c1-24-14-6-10(20)13(23-31)9-17(14)27(18(24)28)5-3-4-26-16-7-11(21)12(22-30)8-15(16)25(2)19(26)29/h6-9H,3-5,20-21H2,1-2H3. The van der Waals surface area contributed by atoms with Crippen LogP contribution in [0.25, 0.3) is 22.1 Å². The second-order valence-electron chi connectivity index (χ2n) is 7.32. The van der Waals surface area contributed by atoms with Crippen LogP contribution in [0, 0.1) is 9.81 Å². The molecule has 12 heteroatoms. The average molecular weight is 424 g/mol. The molecule has 0 fully saturated rings. The lowest BCUT2D eigenvalue weighted by molar-refractivity contribution is 0.549. The average Bonchev–Trinajstić information content (AvgIpc) is 3.12. The largest absolute Gasteiger partial charge is 0.397 e. The van der Waals surface area contributed by atoms with Crippen molar-refractivity contribution in [3.63, 3.8) is 0 Å². The van der Waals surface area contributed by atoms with Crippen molar-refractivity contribution in [1.29, 1.82) is 0 Å². The van der Waals surface area contributed by atoms with Crippen molar-refractivity contribution in [3.05, 3.63) is 55.0 Å². The van der Waals surface area contributed by atoms with Gasteiger partial charge in [-0.1, -0.05) is 0 Å².